The third-order valence-corrected chi connectivity index (χ3v) is 5.47. The lowest BCUT2D eigenvalue weighted by molar-refractivity contribution is -0.113. The van der Waals surface area contributed by atoms with E-state index in [0.29, 0.717) is 31.2 Å². The highest BCUT2D eigenvalue weighted by Gasteiger charge is 2.33. The van der Waals surface area contributed by atoms with Gasteiger partial charge in [-0.2, -0.15) is 0 Å². The molecule has 1 saturated heterocycles. The van der Waals surface area contributed by atoms with Crippen LogP contribution < -0.4 is 9.64 Å². The van der Waals surface area contributed by atoms with Gasteiger partial charge in [-0.05, 0) is 42.5 Å². The predicted octanol–water partition coefficient (Wildman–Crippen LogP) is 5.22. The van der Waals surface area contributed by atoms with Gasteiger partial charge < -0.3 is 9.84 Å². The molecule has 1 heterocycles. The third kappa shape index (κ3) is 3.69. The van der Waals surface area contributed by atoms with Crippen molar-refractivity contribution in [2.24, 2.45) is 0 Å². The molecule has 1 N–H and O–H groups in total. The monoisotopic (exact) mass is 455 g/mol. The normalized spacial score (nSPS) is 16.0. The van der Waals surface area contributed by atoms with E-state index in [1.165, 1.54) is 23.8 Å². The van der Waals surface area contributed by atoms with Gasteiger partial charge in [-0.25, -0.2) is 0 Å². The first kappa shape index (κ1) is 18.3. The van der Waals surface area contributed by atoms with E-state index in [1.807, 2.05) is 0 Å². The van der Waals surface area contributed by atoms with Crippen LogP contribution in [0.15, 0.2) is 45.8 Å². The summed E-state index contributed by atoms with van der Waals surface area (Å²) in [5.41, 5.74) is 1.11. The quantitative estimate of drug-likeness (QED) is 0.507. The van der Waals surface area contributed by atoms with Gasteiger partial charge in [0.05, 0.1) is 17.7 Å². The van der Waals surface area contributed by atoms with Gasteiger partial charge in [0.2, 0.25) is 0 Å². The molecule has 1 amide bonds. The fourth-order valence-corrected chi connectivity index (χ4v) is 4.15. The highest BCUT2D eigenvalue weighted by Crippen LogP contribution is 2.40. The number of hydrogen-bond donors (Lipinski definition) is 1. The van der Waals surface area contributed by atoms with Crippen LogP contribution in [0.4, 0.5) is 5.69 Å². The maximum absolute atomic E-state index is 12.7. The topological polar surface area (TPSA) is 49.8 Å². The Morgan fingerprint density at radius 2 is 2.00 bits per heavy atom. The minimum absolute atomic E-state index is 0.0394. The smallest absolute Gasteiger partial charge is 0.270 e. The van der Waals surface area contributed by atoms with Gasteiger partial charge in [-0.15, -0.1) is 0 Å². The zero-order valence-corrected chi connectivity index (χ0v) is 16.8. The molecule has 2 aromatic rings. The van der Waals surface area contributed by atoms with E-state index in [0.717, 1.165) is 4.47 Å². The lowest BCUT2D eigenvalue weighted by atomic mass is 10.1. The Morgan fingerprint density at radius 3 is 2.64 bits per heavy atom. The van der Waals surface area contributed by atoms with E-state index in [9.17, 15) is 9.90 Å². The number of methoxy groups -OCH3 is 1. The number of ether oxygens (including phenoxy) is 1. The van der Waals surface area contributed by atoms with E-state index in [4.69, 9.17) is 28.6 Å². The summed E-state index contributed by atoms with van der Waals surface area (Å²) in [6.45, 7) is 0. The van der Waals surface area contributed by atoms with Crippen molar-refractivity contribution in [2.45, 2.75) is 0 Å². The molecule has 8 heteroatoms. The van der Waals surface area contributed by atoms with Gasteiger partial charge in [0.1, 0.15) is 0 Å². The molecule has 0 spiro atoms. The number of amides is 1. The standard InChI is InChI=1S/C17H11BrClNO3S2/c1-23-13-8-10(18)6-9(15(13)21)7-14-16(22)20(17(24)25-14)12-4-2-11(19)3-5-12/h2-8,21H,1H3. The molecule has 1 aliphatic heterocycles. The number of halogens is 2. The Balaban J connectivity index is 1.99. The Morgan fingerprint density at radius 1 is 1.32 bits per heavy atom. The van der Waals surface area contributed by atoms with E-state index in [2.05, 4.69) is 15.9 Å². The van der Waals surface area contributed by atoms with Crippen molar-refractivity contribution in [1.29, 1.82) is 0 Å². The van der Waals surface area contributed by atoms with E-state index >= 15 is 0 Å². The molecular weight excluding hydrogens is 446 g/mol. The molecule has 4 nitrogen and oxygen atoms in total. The molecule has 2 aromatic carbocycles. The van der Waals surface area contributed by atoms with Crippen molar-refractivity contribution in [1.82, 2.24) is 0 Å². The molecule has 0 atom stereocenters. The molecule has 3 rings (SSSR count). The van der Waals surface area contributed by atoms with Crippen molar-refractivity contribution >= 4 is 73.5 Å². The van der Waals surface area contributed by atoms with Crippen LogP contribution in [0.2, 0.25) is 5.02 Å². The van der Waals surface area contributed by atoms with Crippen LogP contribution in [-0.4, -0.2) is 22.4 Å². The highest BCUT2D eigenvalue weighted by atomic mass is 79.9. The number of carbonyl (C=O) groups excluding carboxylic acids is 1. The van der Waals surface area contributed by atoms with Gasteiger partial charge >= 0.3 is 0 Å². The van der Waals surface area contributed by atoms with Crippen LogP contribution in [0.5, 0.6) is 11.5 Å². The Bertz CT molecular complexity index is 900. The number of phenols is 1. The largest absolute Gasteiger partial charge is 0.504 e. The van der Waals surface area contributed by atoms with Crippen molar-refractivity contribution in [3.05, 3.63) is 56.4 Å². The summed E-state index contributed by atoms with van der Waals surface area (Å²) >= 11 is 15.8. The number of phenolic OH excluding ortho intramolecular Hbond substituents is 1. The maximum atomic E-state index is 12.7. The van der Waals surface area contributed by atoms with Crippen molar-refractivity contribution in [3.63, 3.8) is 0 Å². The lowest BCUT2D eigenvalue weighted by Gasteiger charge is -2.14. The number of thiocarbonyl (C=S) groups is 1. The zero-order chi connectivity index (χ0) is 18.1. The fraction of sp³-hybridized carbons (Fsp3) is 0.0588. The average molecular weight is 457 g/mol. The minimum Gasteiger partial charge on any atom is -0.504 e. The fourth-order valence-electron chi connectivity index (χ4n) is 2.28. The number of thioether (sulfide) groups is 1. The number of hydrogen-bond acceptors (Lipinski definition) is 5. The SMILES string of the molecule is COc1cc(Br)cc(C=C2SC(=S)N(c3ccc(Cl)cc3)C2=O)c1O. The molecule has 0 bridgehead atoms. The second-order valence-electron chi connectivity index (χ2n) is 5.04. The number of benzene rings is 2. The number of anilines is 1. The van der Waals surface area contributed by atoms with Crippen LogP contribution in [0.3, 0.4) is 0 Å². The number of carbonyl (C=O) groups is 1. The highest BCUT2D eigenvalue weighted by molar-refractivity contribution is 9.10. The maximum Gasteiger partial charge on any atom is 0.270 e. The Kier molecular flexibility index (Phi) is 5.38. The lowest BCUT2D eigenvalue weighted by Crippen LogP contribution is -2.27. The van der Waals surface area contributed by atoms with Crippen LogP contribution in [0.25, 0.3) is 6.08 Å². The number of aromatic hydroxyl groups is 1. The Labute approximate surface area is 167 Å². The van der Waals surface area contributed by atoms with E-state index < -0.39 is 0 Å². The van der Waals surface area contributed by atoms with Crippen molar-refractivity contribution < 1.29 is 14.6 Å². The number of rotatable bonds is 3. The summed E-state index contributed by atoms with van der Waals surface area (Å²) in [6, 6.07) is 10.2. The predicted molar refractivity (Wildman–Crippen MR) is 109 cm³/mol. The first-order chi connectivity index (χ1) is 11.9. The summed E-state index contributed by atoms with van der Waals surface area (Å²) in [5, 5.41) is 10.8. The molecule has 25 heavy (non-hydrogen) atoms. The minimum atomic E-state index is -0.254. The zero-order valence-electron chi connectivity index (χ0n) is 12.8. The summed E-state index contributed by atoms with van der Waals surface area (Å²) in [6.07, 6.45) is 1.60. The van der Waals surface area contributed by atoms with E-state index in [1.54, 1.807) is 42.5 Å². The summed E-state index contributed by atoms with van der Waals surface area (Å²) in [7, 11) is 1.46. The third-order valence-electron chi connectivity index (χ3n) is 3.45. The molecule has 1 fully saturated rings. The van der Waals surface area contributed by atoms with Gasteiger partial charge in [-0.1, -0.05) is 51.5 Å². The number of nitrogens with zero attached hydrogens (tertiary/aromatic N) is 1. The molecular formula is C17H11BrClNO3S2. The second kappa shape index (κ2) is 7.37. The molecule has 0 saturated carbocycles. The van der Waals surface area contributed by atoms with Gasteiger partial charge in [0.15, 0.2) is 15.8 Å². The molecule has 128 valence electrons. The molecule has 0 radical (unpaired) electrons. The van der Waals surface area contributed by atoms with Crippen molar-refractivity contribution in [2.75, 3.05) is 12.0 Å². The van der Waals surface area contributed by atoms with Crippen LogP contribution in [-0.2, 0) is 4.79 Å². The summed E-state index contributed by atoms with van der Waals surface area (Å²) < 4.78 is 6.27. The van der Waals surface area contributed by atoms with Crippen LogP contribution >= 0.6 is 51.5 Å². The summed E-state index contributed by atoms with van der Waals surface area (Å²) in [5.74, 6) is 0.0203. The van der Waals surface area contributed by atoms with Gasteiger partial charge in [0, 0.05) is 15.1 Å². The van der Waals surface area contributed by atoms with E-state index in [-0.39, 0.29) is 11.7 Å². The molecule has 0 aliphatic carbocycles. The summed E-state index contributed by atoms with van der Waals surface area (Å²) in [4.78, 5) is 14.6. The van der Waals surface area contributed by atoms with Crippen molar-refractivity contribution in [3.8, 4) is 11.5 Å². The molecule has 1 aliphatic rings. The Hall–Kier alpha value is -1.54. The van der Waals surface area contributed by atoms with Gasteiger partial charge in [-0.3, -0.25) is 9.69 Å². The molecule has 0 aromatic heterocycles. The van der Waals surface area contributed by atoms with Gasteiger partial charge in [0.25, 0.3) is 5.91 Å². The van der Waals surface area contributed by atoms with Crippen LogP contribution in [0.1, 0.15) is 5.56 Å². The first-order valence-electron chi connectivity index (χ1n) is 7.00. The average Bonchev–Trinajstić information content (AvgIpc) is 2.85. The second-order valence-corrected chi connectivity index (χ2v) is 8.07. The van der Waals surface area contributed by atoms with Crippen LogP contribution in [0, 0.1) is 0 Å². The first-order valence-corrected chi connectivity index (χ1v) is 9.40. The molecule has 0 unspecified atom stereocenters.